The molecule has 0 unspecified atom stereocenters. The van der Waals surface area contributed by atoms with Gasteiger partial charge in [-0.25, -0.2) is 27.0 Å². The molecule has 7 nitrogen and oxygen atoms in total. The SMILES string of the molecule is COc1ccc(S(=O)(=O)NCCCc2cnc3cc(C)nn3c2)cc1F. The van der Waals surface area contributed by atoms with E-state index >= 15 is 0 Å². The van der Waals surface area contributed by atoms with E-state index in [4.69, 9.17) is 4.74 Å². The number of benzene rings is 1. The summed E-state index contributed by atoms with van der Waals surface area (Å²) in [5.74, 6) is -0.718. The average molecular weight is 378 g/mol. The van der Waals surface area contributed by atoms with Gasteiger partial charge in [-0.3, -0.25) is 0 Å². The molecule has 0 saturated carbocycles. The van der Waals surface area contributed by atoms with Crippen LogP contribution in [0.1, 0.15) is 17.7 Å². The number of halogens is 1. The summed E-state index contributed by atoms with van der Waals surface area (Å²) in [7, 11) is -2.45. The van der Waals surface area contributed by atoms with Crippen LogP contribution in [0.4, 0.5) is 4.39 Å². The van der Waals surface area contributed by atoms with E-state index in [0.29, 0.717) is 12.8 Å². The quantitative estimate of drug-likeness (QED) is 0.637. The van der Waals surface area contributed by atoms with E-state index in [-0.39, 0.29) is 17.2 Å². The van der Waals surface area contributed by atoms with E-state index < -0.39 is 15.8 Å². The molecule has 0 spiro atoms. The van der Waals surface area contributed by atoms with Crippen molar-refractivity contribution in [3.05, 3.63) is 53.7 Å². The zero-order valence-electron chi connectivity index (χ0n) is 14.4. The van der Waals surface area contributed by atoms with E-state index in [1.54, 1.807) is 10.7 Å². The Kier molecular flexibility index (Phi) is 5.19. The van der Waals surface area contributed by atoms with Crippen LogP contribution in [0, 0.1) is 12.7 Å². The molecule has 0 radical (unpaired) electrons. The van der Waals surface area contributed by atoms with Crippen LogP contribution >= 0.6 is 0 Å². The molecule has 0 amide bonds. The van der Waals surface area contributed by atoms with Crippen molar-refractivity contribution in [2.45, 2.75) is 24.7 Å². The fraction of sp³-hybridized carbons (Fsp3) is 0.294. The first-order valence-electron chi connectivity index (χ1n) is 8.03. The zero-order valence-corrected chi connectivity index (χ0v) is 15.3. The van der Waals surface area contributed by atoms with Crippen molar-refractivity contribution in [2.24, 2.45) is 0 Å². The number of ether oxygens (including phenoxy) is 1. The summed E-state index contributed by atoms with van der Waals surface area (Å²) in [4.78, 5) is 4.18. The lowest BCUT2D eigenvalue weighted by molar-refractivity contribution is 0.385. The second-order valence-electron chi connectivity index (χ2n) is 5.85. The van der Waals surface area contributed by atoms with Crippen LogP contribution in [-0.2, 0) is 16.4 Å². The smallest absolute Gasteiger partial charge is 0.240 e. The standard InChI is InChI=1S/C17H19FN4O3S/c1-12-8-17-19-10-13(11-22(17)21-12)4-3-7-20-26(23,24)14-5-6-16(25-2)15(18)9-14/h5-6,8-11,20H,3-4,7H2,1-2H3. The first-order chi connectivity index (χ1) is 12.4. The van der Waals surface area contributed by atoms with Gasteiger partial charge in [-0.1, -0.05) is 0 Å². The highest BCUT2D eigenvalue weighted by Gasteiger charge is 2.16. The fourth-order valence-electron chi connectivity index (χ4n) is 2.56. The van der Waals surface area contributed by atoms with Gasteiger partial charge in [-0.05, 0) is 43.5 Å². The summed E-state index contributed by atoms with van der Waals surface area (Å²) in [5.41, 5.74) is 2.61. The number of hydrogen-bond donors (Lipinski definition) is 1. The van der Waals surface area contributed by atoms with Gasteiger partial charge < -0.3 is 4.74 Å². The molecule has 1 aromatic carbocycles. The Balaban J connectivity index is 1.58. The second kappa shape index (κ2) is 7.38. The third kappa shape index (κ3) is 4.00. The Morgan fingerprint density at radius 2 is 2.12 bits per heavy atom. The van der Waals surface area contributed by atoms with Crippen LogP contribution < -0.4 is 9.46 Å². The summed E-state index contributed by atoms with van der Waals surface area (Å²) in [6.45, 7) is 2.12. The highest BCUT2D eigenvalue weighted by atomic mass is 32.2. The van der Waals surface area contributed by atoms with Gasteiger partial charge in [0.05, 0.1) is 17.7 Å². The number of methoxy groups -OCH3 is 1. The predicted octanol–water partition coefficient (Wildman–Crippen LogP) is 2.10. The molecule has 138 valence electrons. The Morgan fingerprint density at radius 3 is 2.85 bits per heavy atom. The van der Waals surface area contributed by atoms with Crippen molar-refractivity contribution in [3.8, 4) is 5.75 Å². The summed E-state index contributed by atoms with van der Waals surface area (Å²) < 4.78 is 47.1. The molecule has 3 aromatic rings. The van der Waals surface area contributed by atoms with Gasteiger partial charge >= 0.3 is 0 Å². The summed E-state index contributed by atoms with van der Waals surface area (Å²) >= 11 is 0. The Morgan fingerprint density at radius 1 is 1.31 bits per heavy atom. The highest BCUT2D eigenvalue weighted by molar-refractivity contribution is 7.89. The van der Waals surface area contributed by atoms with Crippen LogP contribution in [-0.4, -0.2) is 36.7 Å². The monoisotopic (exact) mass is 378 g/mol. The number of aryl methyl sites for hydroxylation is 2. The van der Waals surface area contributed by atoms with E-state index in [0.717, 1.165) is 23.0 Å². The maximum atomic E-state index is 13.7. The van der Waals surface area contributed by atoms with Crippen LogP contribution in [0.25, 0.3) is 5.65 Å². The van der Waals surface area contributed by atoms with Crippen LogP contribution in [0.15, 0.2) is 41.6 Å². The molecule has 1 N–H and O–H groups in total. The van der Waals surface area contributed by atoms with Crippen molar-refractivity contribution in [1.82, 2.24) is 19.3 Å². The Bertz CT molecular complexity index is 1030. The van der Waals surface area contributed by atoms with E-state index in [2.05, 4.69) is 14.8 Å². The van der Waals surface area contributed by atoms with Gasteiger partial charge in [0.25, 0.3) is 0 Å². The van der Waals surface area contributed by atoms with Crippen LogP contribution in [0.5, 0.6) is 5.75 Å². The maximum absolute atomic E-state index is 13.7. The van der Waals surface area contributed by atoms with Crippen molar-refractivity contribution in [2.75, 3.05) is 13.7 Å². The summed E-state index contributed by atoms with van der Waals surface area (Å²) in [5, 5.41) is 4.30. The highest BCUT2D eigenvalue weighted by Crippen LogP contribution is 2.20. The first-order valence-corrected chi connectivity index (χ1v) is 9.51. The number of aromatic nitrogens is 3. The second-order valence-corrected chi connectivity index (χ2v) is 7.62. The number of hydrogen-bond acceptors (Lipinski definition) is 5. The number of rotatable bonds is 7. The van der Waals surface area contributed by atoms with Crippen LogP contribution in [0.2, 0.25) is 0 Å². The molecule has 2 heterocycles. The average Bonchev–Trinajstić information content (AvgIpc) is 2.98. The molecule has 0 bridgehead atoms. The van der Waals surface area contributed by atoms with Crippen molar-refractivity contribution < 1.29 is 17.5 Å². The molecule has 0 aliphatic rings. The predicted molar refractivity (Wildman–Crippen MR) is 94.2 cm³/mol. The fourth-order valence-corrected chi connectivity index (χ4v) is 3.65. The van der Waals surface area contributed by atoms with Gasteiger partial charge in [0.2, 0.25) is 10.0 Å². The van der Waals surface area contributed by atoms with E-state index in [1.807, 2.05) is 19.2 Å². The van der Waals surface area contributed by atoms with E-state index in [9.17, 15) is 12.8 Å². The summed E-state index contributed by atoms with van der Waals surface area (Å²) in [6.07, 6.45) is 4.85. The lowest BCUT2D eigenvalue weighted by atomic mass is 10.2. The number of nitrogens with zero attached hydrogens (tertiary/aromatic N) is 3. The molecule has 0 aliphatic heterocycles. The molecular formula is C17H19FN4O3S. The molecule has 26 heavy (non-hydrogen) atoms. The van der Waals surface area contributed by atoms with Crippen molar-refractivity contribution in [3.63, 3.8) is 0 Å². The topological polar surface area (TPSA) is 85.6 Å². The van der Waals surface area contributed by atoms with Gasteiger partial charge in [0.1, 0.15) is 0 Å². The van der Waals surface area contributed by atoms with Crippen molar-refractivity contribution in [1.29, 1.82) is 0 Å². The van der Waals surface area contributed by atoms with Gasteiger partial charge in [-0.15, -0.1) is 0 Å². The third-order valence-corrected chi connectivity index (χ3v) is 5.32. The molecule has 0 aliphatic carbocycles. The zero-order chi connectivity index (χ0) is 18.7. The maximum Gasteiger partial charge on any atom is 0.240 e. The Hall–Kier alpha value is -2.52. The minimum Gasteiger partial charge on any atom is -0.494 e. The largest absolute Gasteiger partial charge is 0.494 e. The third-order valence-electron chi connectivity index (χ3n) is 3.86. The van der Waals surface area contributed by atoms with Crippen molar-refractivity contribution >= 4 is 15.7 Å². The van der Waals surface area contributed by atoms with Crippen LogP contribution in [0.3, 0.4) is 0 Å². The first kappa shape index (κ1) is 18.3. The molecule has 0 saturated heterocycles. The van der Waals surface area contributed by atoms with Gasteiger partial charge in [0.15, 0.2) is 17.2 Å². The lowest BCUT2D eigenvalue weighted by Gasteiger charge is -2.08. The minimum atomic E-state index is -3.77. The Labute approximate surface area is 150 Å². The molecule has 2 aromatic heterocycles. The summed E-state index contributed by atoms with van der Waals surface area (Å²) in [6, 6.07) is 5.42. The molecule has 9 heteroatoms. The number of sulfonamides is 1. The number of fused-ring (bicyclic) bond motifs is 1. The lowest BCUT2D eigenvalue weighted by Crippen LogP contribution is -2.25. The normalized spacial score (nSPS) is 11.8. The minimum absolute atomic E-state index is 0.000648. The van der Waals surface area contributed by atoms with Gasteiger partial charge in [0, 0.05) is 25.0 Å². The number of nitrogens with one attached hydrogen (secondary N) is 1. The van der Waals surface area contributed by atoms with E-state index in [1.165, 1.54) is 19.2 Å². The molecular weight excluding hydrogens is 359 g/mol. The van der Waals surface area contributed by atoms with Gasteiger partial charge in [-0.2, -0.15) is 5.10 Å². The molecule has 0 atom stereocenters. The molecule has 3 rings (SSSR count). The molecule has 0 fully saturated rings.